The molecule has 2 N–H and O–H groups in total. The lowest BCUT2D eigenvalue weighted by molar-refractivity contribution is -0.137. The van der Waals surface area contributed by atoms with Gasteiger partial charge in [-0.15, -0.1) is 0 Å². The molecular formula is C15H20F3NO. The fraction of sp³-hybridized carbons (Fsp3) is 0.600. The molecule has 0 bridgehead atoms. The Balaban J connectivity index is 1.84. The SMILES string of the molecule is CCC1(CNCC(O)c2ccc(C(F)(F)F)cc2)CC1. The van der Waals surface area contributed by atoms with Crippen LogP contribution in [-0.4, -0.2) is 18.2 Å². The number of aliphatic hydroxyl groups excluding tert-OH is 1. The number of alkyl halides is 3. The van der Waals surface area contributed by atoms with Crippen molar-refractivity contribution < 1.29 is 18.3 Å². The Labute approximate surface area is 117 Å². The lowest BCUT2D eigenvalue weighted by atomic mass is 10.0. The van der Waals surface area contributed by atoms with Crippen LogP contribution in [0.1, 0.15) is 43.4 Å². The summed E-state index contributed by atoms with van der Waals surface area (Å²) in [6.45, 7) is 3.38. The van der Waals surface area contributed by atoms with Crippen molar-refractivity contribution in [3.8, 4) is 0 Å². The molecule has 0 heterocycles. The molecule has 0 saturated heterocycles. The summed E-state index contributed by atoms with van der Waals surface area (Å²) in [4.78, 5) is 0. The Bertz CT molecular complexity index is 437. The van der Waals surface area contributed by atoms with Gasteiger partial charge in [0.1, 0.15) is 0 Å². The molecule has 0 spiro atoms. The maximum Gasteiger partial charge on any atom is 0.416 e. The van der Waals surface area contributed by atoms with Crippen LogP contribution < -0.4 is 5.32 Å². The average Bonchev–Trinajstić information content (AvgIpc) is 3.18. The molecule has 2 nitrogen and oxygen atoms in total. The zero-order valence-corrected chi connectivity index (χ0v) is 11.5. The van der Waals surface area contributed by atoms with Crippen molar-refractivity contribution >= 4 is 0 Å². The number of halogens is 3. The highest BCUT2D eigenvalue weighted by molar-refractivity contribution is 5.26. The molecule has 1 atom stereocenters. The number of rotatable bonds is 6. The molecule has 0 aromatic heterocycles. The van der Waals surface area contributed by atoms with Gasteiger partial charge in [-0.25, -0.2) is 0 Å². The maximum absolute atomic E-state index is 12.4. The van der Waals surface area contributed by atoms with Crippen molar-refractivity contribution in [1.82, 2.24) is 5.32 Å². The van der Waals surface area contributed by atoms with E-state index in [1.54, 1.807) is 0 Å². The zero-order chi connectivity index (χ0) is 14.8. The first-order valence-corrected chi connectivity index (χ1v) is 6.92. The minimum Gasteiger partial charge on any atom is -0.387 e. The highest BCUT2D eigenvalue weighted by atomic mass is 19.4. The van der Waals surface area contributed by atoms with Crippen LogP contribution in [0.4, 0.5) is 13.2 Å². The summed E-state index contributed by atoms with van der Waals surface area (Å²) in [5.41, 5.74) is 0.205. The van der Waals surface area contributed by atoms with Gasteiger partial charge in [0, 0.05) is 13.1 Å². The Morgan fingerprint density at radius 2 is 1.85 bits per heavy atom. The second kappa shape index (κ2) is 5.74. The summed E-state index contributed by atoms with van der Waals surface area (Å²) in [5, 5.41) is 13.2. The summed E-state index contributed by atoms with van der Waals surface area (Å²) < 4.78 is 37.3. The third-order valence-electron chi connectivity index (χ3n) is 4.17. The smallest absolute Gasteiger partial charge is 0.387 e. The molecule has 5 heteroatoms. The first-order chi connectivity index (χ1) is 9.36. The number of benzene rings is 1. The third-order valence-corrected chi connectivity index (χ3v) is 4.17. The van der Waals surface area contributed by atoms with Gasteiger partial charge >= 0.3 is 6.18 Å². The molecule has 1 aromatic carbocycles. The van der Waals surface area contributed by atoms with E-state index >= 15 is 0 Å². The number of aliphatic hydroxyl groups is 1. The van der Waals surface area contributed by atoms with E-state index in [1.807, 2.05) is 0 Å². The topological polar surface area (TPSA) is 32.3 Å². The first kappa shape index (κ1) is 15.3. The van der Waals surface area contributed by atoms with Gasteiger partial charge in [-0.05, 0) is 42.4 Å². The molecule has 1 fully saturated rings. The van der Waals surface area contributed by atoms with Crippen LogP contribution in [0.2, 0.25) is 0 Å². The highest BCUT2D eigenvalue weighted by Gasteiger charge is 2.40. The van der Waals surface area contributed by atoms with Gasteiger partial charge in [0.2, 0.25) is 0 Å². The van der Waals surface area contributed by atoms with E-state index < -0.39 is 17.8 Å². The molecule has 2 rings (SSSR count). The zero-order valence-electron chi connectivity index (χ0n) is 11.5. The summed E-state index contributed by atoms with van der Waals surface area (Å²) in [6, 6.07) is 4.68. The third kappa shape index (κ3) is 3.73. The molecule has 0 radical (unpaired) electrons. The Morgan fingerprint density at radius 1 is 1.25 bits per heavy atom. The number of hydrogen-bond acceptors (Lipinski definition) is 2. The molecule has 0 amide bonds. The molecule has 112 valence electrons. The van der Waals surface area contributed by atoms with Gasteiger partial charge < -0.3 is 10.4 Å². The van der Waals surface area contributed by atoms with E-state index in [1.165, 1.54) is 25.0 Å². The molecule has 20 heavy (non-hydrogen) atoms. The molecule has 1 aliphatic carbocycles. The van der Waals surface area contributed by atoms with Crippen molar-refractivity contribution in [1.29, 1.82) is 0 Å². The minimum atomic E-state index is -4.33. The predicted molar refractivity (Wildman–Crippen MR) is 71.2 cm³/mol. The van der Waals surface area contributed by atoms with Gasteiger partial charge in [-0.1, -0.05) is 19.1 Å². The van der Waals surface area contributed by atoms with Crippen molar-refractivity contribution in [2.24, 2.45) is 5.41 Å². The van der Waals surface area contributed by atoms with Crippen LogP contribution in [0.25, 0.3) is 0 Å². The van der Waals surface area contributed by atoms with Gasteiger partial charge in [-0.3, -0.25) is 0 Å². The maximum atomic E-state index is 12.4. The van der Waals surface area contributed by atoms with Gasteiger partial charge in [0.05, 0.1) is 11.7 Å². The van der Waals surface area contributed by atoms with Crippen LogP contribution in [0.15, 0.2) is 24.3 Å². The van der Waals surface area contributed by atoms with E-state index in [-0.39, 0.29) is 0 Å². The monoisotopic (exact) mass is 287 g/mol. The lowest BCUT2D eigenvalue weighted by Gasteiger charge is -2.17. The number of hydrogen-bond donors (Lipinski definition) is 2. The predicted octanol–water partition coefficient (Wildman–Crippen LogP) is 3.52. The molecular weight excluding hydrogens is 267 g/mol. The van der Waals surface area contributed by atoms with Gasteiger partial charge in [0.15, 0.2) is 0 Å². The van der Waals surface area contributed by atoms with E-state index in [0.717, 1.165) is 25.1 Å². The van der Waals surface area contributed by atoms with Crippen molar-refractivity contribution in [2.45, 2.75) is 38.5 Å². The van der Waals surface area contributed by atoms with Crippen LogP contribution in [-0.2, 0) is 6.18 Å². The number of nitrogens with one attached hydrogen (secondary N) is 1. The summed E-state index contributed by atoms with van der Waals surface area (Å²) in [7, 11) is 0. The largest absolute Gasteiger partial charge is 0.416 e. The van der Waals surface area contributed by atoms with Gasteiger partial charge in [-0.2, -0.15) is 13.2 Å². The normalized spacial score (nSPS) is 18.9. The van der Waals surface area contributed by atoms with Crippen LogP contribution >= 0.6 is 0 Å². The molecule has 1 unspecified atom stereocenters. The van der Waals surface area contributed by atoms with Crippen molar-refractivity contribution in [3.63, 3.8) is 0 Å². The van der Waals surface area contributed by atoms with E-state index in [4.69, 9.17) is 0 Å². The molecule has 1 saturated carbocycles. The van der Waals surface area contributed by atoms with E-state index in [9.17, 15) is 18.3 Å². The van der Waals surface area contributed by atoms with Gasteiger partial charge in [0.25, 0.3) is 0 Å². The molecule has 1 aromatic rings. The summed E-state index contributed by atoms with van der Waals surface area (Å²) >= 11 is 0. The minimum absolute atomic E-state index is 0.368. The Morgan fingerprint density at radius 3 is 2.30 bits per heavy atom. The second-order valence-corrected chi connectivity index (χ2v) is 5.62. The Hall–Kier alpha value is -1.07. The fourth-order valence-corrected chi connectivity index (χ4v) is 2.32. The van der Waals surface area contributed by atoms with E-state index in [0.29, 0.717) is 17.5 Å². The fourth-order valence-electron chi connectivity index (χ4n) is 2.32. The highest BCUT2D eigenvalue weighted by Crippen LogP contribution is 2.47. The second-order valence-electron chi connectivity index (χ2n) is 5.62. The van der Waals surface area contributed by atoms with E-state index in [2.05, 4.69) is 12.2 Å². The Kier molecular flexibility index (Phi) is 4.39. The van der Waals surface area contributed by atoms with Crippen LogP contribution in [0, 0.1) is 5.41 Å². The van der Waals surface area contributed by atoms with Crippen molar-refractivity contribution in [3.05, 3.63) is 35.4 Å². The molecule has 1 aliphatic rings. The average molecular weight is 287 g/mol. The van der Waals surface area contributed by atoms with Crippen LogP contribution in [0.3, 0.4) is 0 Å². The first-order valence-electron chi connectivity index (χ1n) is 6.92. The quantitative estimate of drug-likeness (QED) is 0.839. The summed E-state index contributed by atoms with van der Waals surface area (Å²) in [5.74, 6) is 0. The van der Waals surface area contributed by atoms with Crippen LogP contribution in [0.5, 0.6) is 0 Å². The summed E-state index contributed by atoms with van der Waals surface area (Å²) in [6.07, 6.45) is -1.55. The van der Waals surface area contributed by atoms with Crippen molar-refractivity contribution in [2.75, 3.05) is 13.1 Å². The standard InChI is InChI=1S/C15H20F3NO/c1-2-14(7-8-14)10-19-9-13(20)11-3-5-12(6-4-11)15(16,17)18/h3-6,13,19-20H,2,7-10H2,1H3. The lowest BCUT2D eigenvalue weighted by Crippen LogP contribution is -2.28. The molecule has 0 aliphatic heterocycles.